The molecule has 0 aliphatic heterocycles. The summed E-state index contributed by atoms with van der Waals surface area (Å²) in [5, 5.41) is 14.4. The number of benzene rings is 1. The molecule has 1 aromatic carbocycles. The van der Waals surface area contributed by atoms with Crippen LogP contribution in [-0.2, 0) is 15.3 Å². The van der Waals surface area contributed by atoms with Crippen LogP contribution in [0.4, 0.5) is 0 Å². The van der Waals surface area contributed by atoms with Crippen molar-refractivity contribution in [3.05, 3.63) is 51.7 Å². The van der Waals surface area contributed by atoms with Gasteiger partial charge in [-0.2, -0.15) is 11.8 Å². The maximum absolute atomic E-state index is 11.8. The Hall–Kier alpha value is -1.99. The first-order valence-corrected chi connectivity index (χ1v) is 9.43. The summed E-state index contributed by atoms with van der Waals surface area (Å²) in [5.74, 6) is 0.498. The van der Waals surface area contributed by atoms with Gasteiger partial charge in [0, 0.05) is 22.9 Å². The lowest BCUT2D eigenvalue weighted by atomic mass is 10.1. The zero-order valence-electron chi connectivity index (χ0n) is 13.3. The normalized spacial score (nSPS) is 10.4. The van der Waals surface area contributed by atoms with Crippen molar-refractivity contribution < 1.29 is 19.4 Å². The Morgan fingerprint density at radius 2 is 2.17 bits per heavy atom. The summed E-state index contributed by atoms with van der Waals surface area (Å²) in [5.41, 5.74) is 0.891. The van der Waals surface area contributed by atoms with Crippen LogP contribution in [0.3, 0.4) is 0 Å². The minimum absolute atomic E-state index is 0.0555. The summed E-state index contributed by atoms with van der Waals surface area (Å²) in [6.07, 6.45) is 0. The number of esters is 1. The Labute approximate surface area is 149 Å². The molecule has 2 aromatic rings. The van der Waals surface area contributed by atoms with Gasteiger partial charge in [-0.05, 0) is 36.1 Å². The molecule has 0 bridgehead atoms. The van der Waals surface area contributed by atoms with Crippen LogP contribution in [0.1, 0.15) is 20.8 Å². The molecule has 1 amide bonds. The predicted molar refractivity (Wildman–Crippen MR) is 96.6 cm³/mol. The van der Waals surface area contributed by atoms with Crippen molar-refractivity contribution in [2.24, 2.45) is 0 Å². The second-order valence-electron chi connectivity index (χ2n) is 5.08. The van der Waals surface area contributed by atoms with E-state index >= 15 is 0 Å². The maximum atomic E-state index is 11.8. The lowest BCUT2D eigenvalue weighted by Crippen LogP contribution is -2.30. The number of carbonyl (C=O) groups is 2. The monoisotopic (exact) mass is 365 g/mol. The number of hydrogen-bond donors (Lipinski definition) is 2. The highest BCUT2D eigenvalue weighted by atomic mass is 32.2. The highest BCUT2D eigenvalue weighted by Crippen LogP contribution is 2.19. The first kappa shape index (κ1) is 18.4. The van der Waals surface area contributed by atoms with Gasteiger partial charge in [-0.3, -0.25) is 4.79 Å². The van der Waals surface area contributed by atoms with Gasteiger partial charge >= 0.3 is 5.97 Å². The number of amides is 1. The van der Waals surface area contributed by atoms with Gasteiger partial charge in [0.25, 0.3) is 5.91 Å². The van der Waals surface area contributed by atoms with Crippen molar-refractivity contribution in [2.45, 2.75) is 12.7 Å². The van der Waals surface area contributed by atoms with Gasteiger partial charge in [-0.1, -0.05) is 12.1 Å². The fourth-order valence-corrected chi connectivity index (χ4v) is 3.60. The van der Waals surface area contributed by atoms with E-state index in [4.69, 9.17) is 4.74 Å². The molecule has 0 aliphatic carbocycles. The van der Waals surface area contributed by atoms with Gasteiger partial charge in [0.1, 0.15) is 11.3 Å². The second kappa shape index (κ2) is 9.34. The third kappa shape index (κ3) is 5.90. The number of phenols is 1. The number of nitrogens with one attached hydrogen (secondary N) is 1. The molecular weight excluding hydrogens is 346 g/mol. The zero-order chi connectivity index (χ0) is 17.4. The lowest BCUT2D eigenvalue weighted by Gasteiger charge is -2.08. The summed E-state index contributed by atoms with van der Waals surface area (Å²) in [6.45, 7) is 1.96. The Morgan fingerprint density at radius 3 is 2.88 bits per heavy atom. The molecule has 128 valence electrons. The smallest absolute Gasteiger partial charge is 0.342 e. The first-order chi connectivity index (χ1) is 11.6. The average Bonchev–Trinajstić information content (AvgIpc) is 3.05. The second-order valence-corrected chi connectivity index (χ2v) is 7.22. The predicted octanol–water partition coefficient (Wildman–Crippen LogP) is 2.97. The third-order valence-electron chi connectivity index (χ3n) is 3.10. The Kier molecular flexibility index (Phi) is 7.14. The number of aromatic hydroxyl groups is 1. The van der Waals surface area contributed by atoms with Crippen LogP contribution in [-0.4, -0.2) is 35.9 Å². The van der Waals surface area contributed by atoms with Crippen LogP contribution in [0.2, 0.25) is 0 Å². The number of thioether (sulfide) groups is 1. The third-order valence-corrected chi connectivity index (χ3v) is 5.17. The number of phenolic OH excluding ortho intramolecular Hbond substituents is 1. The first-order valence-electron chi connectivity index (χ1n) is 7.40. The molecule has 2 rings (SSSR count). The van der Waals surface area contributed by atoms with E-state index in [1.807, 2.05) is 11.4 Å². The zero-order valence-corrected chi connectivity index (χ0v) is 14.9. The summed E-state index contributed by atoms with van der Waals surface area (Å²) >= 11 is 3.44. The van der Waals surface area contributed by atoms with E-state index in [2.05, 4.69) is 11.4 Å². The number of carbonyl (C=O) groups excluding carboxylic acids is 2. The van der Waals surface area contributed by atoms with E-state index < -0.39 is 5.97 Å². The van der Waals surface area contributed by atoms with E-state index in [9.17, 15) is 14.7 Å². The number of rotatable bonds is 8. The highest BCUT2D eigenvalue weighted by Gasteiger charge is 2.14. The topological polar surface area (TPSA) is 75.6 Å². The van der Waals surface area contributed by atoms with Crippen LogP contribution >= 0.6 is 23.1 Å². The van der Waals surface area contributed by atoms with E-state index in [1.54, 1.807) is 36.1 Å². The molecule has 1 heterocycles. The molecule has 0 aliphatic rings. The SMILES string of the molecule is Cc1ccc(C(=O)OCC(=O)NCCSCc2cccs2)c(O)c1. The average molecular weight is 365 g/mol. The molecule has 1 aromatic heterocycles. The van der Waals surface area contributed by atoms with Crippen LogP contribution in [0.25, 0.3) is 0 Å². The van der Waals surface area contributed by atoms with Gasteiger partial charge in [0.2, 0.25) is 0 Å². The molecule has 5 nitrogen and oxygen atoms in total. The highest BCUT2D eigenvalue weighted by molar-refractivity contribution is 7.98. The van der Waals surface area contributed by atoms with Gasteiger partial charge in [0.05, 0.1) is 0 Å². The van der Waals surface area contributed by atoms with E-state index in [0.29, 0.717) is 6.54 Å². The molecule has 7 heteroatoms. The molecule has 2 N–H and O–H groups in total. The molecule has 0 fully saturated rings. The number of ether oxygens (including phenoxy) is 1. The van der Waals surface area contributed by atoms with Crippen molar-refractivity contribution in [3.63, 3.8) is 0 Å². The van der Waals surface area contributed by atoms with E-state index in [1.165, 1.54) is 17.0 Å². The van der Waals surface area contributed by atoms with Crippen molar-refractivity contribution in [2.75, 3.05) is 18.9 Å². The quantitative estimate of drug-likeness (QED) is 0.556. The molecule has 0 atom stereocenters. The van der Waals surface area contributed by atoms with Gasteiger partial charge in [-0.25, -0.2) is 4.79 Å². The molecule has 0 unspecified atom stereocenters. The molecule has 0 saturated carbocycles. The summed E-state index contributed by atoms with van der Waals surface area (Å²) in [7, 11) is 0. The standard InChI is InChI=1S/C17H19NO4S2/c1-12-4-5-14(15(19)9-12)17(21)22-10-16(20)18-6-8-23-11-13-3-2-7-24-13/h2-5,7,9,19H,6,8,10-11H2,1H3,(H,18,20). The molecule has 0 radical (unpaired) electrons. The van der Waals surface area contributed by atoms with E-state index in [-0.39, 0.29) is 23.8 Å². The molecule has 24 heavy (non-hydrogen) atoms. The summed E-state index contributed by atoms with van der Waals surface area (Å²) in [6, 6.07) is 8.74. The number of aryl methyl sites for hydroxylation is 1. The molecular formula is C17H19NO4S2. The van der Waals surface area contributed by atoms with Crippen molar-refractivity contribution in [3.8, 4) is 5.75 Å². The van der Waals surface area contributed by atoms with Gasteiger partial charge in [0.15, 0.2) is 6.61 Å². The minimum atomic E-state index is -0.713. The van der Waals surface area contributed by atoms with E-state index in [0.717, 1.165) is 17.1 Å². The molecule has 0 spiro atoms. The fourth-order valence-electron chi connectivity index (χ4n) is 1.90. The van der Waals surface area contributed by atoms with Crippen LogP contribution in [0.15, 0.2) is 35.7 Å². The Bertz CT molecular complexity index is 686. The van der Waals surface area contributed by atoms with Crippen LogP contribution < -0.4 is 5.32 Å². The van der Waals surface area contributed by atoms with Crippen molar-refractivity contribution in [1.29, 1.82) is 0 Å². The number of thiophene rings is 1. The maximum Gasteiger partial charge on any atom is 0.342 e. The van der Waals surface area contributed by atoms with Gasteiger partial charge < -0.3 is 15.2 Å². The summed E-state index contributed by atoms with van der Waals surface area (Å²) < 4.78 is 4.91. The summed E-state index contributed by atoms with van der Waals surface area (Å²) in [4.78, 5) is 24.8. The Morgan fingerprint density at radius 1 is 1.33 bits per heavy atom. The largest absolute Gasteiger partial charge is 0.507 e. The minimum Gasteiger partial charge on any atom is -0.507 e. The van der Waals surface area contributed by atoms with Crippen LogP contribution in [0.5, 0.6) is 5.75 Å². The fraction of sp³-hybridized carbons (Fsp3) is 0.294. The van der Waals surface area contributed by atoms with Gasteiger partial charge in [-0.15, -0.1) is 11.3 Å². The van der Waals surface area contributed by atoms with Crippen molar-refractivity contribution >= 4 is 35.0 Å². The lowest BCUT2D eigenvalue weighted by molar-refractivity contribution is -0.124. The van der Waals surface area contributed by atoms with Crippen LogP contribution in [0, 0.1) is 6.92 Å². The van der Waals surface area contributed by atoms with Crippen molar-refractivity contribution in [1.82, 2.24) is 5.32 Å². The number of hydrogen-bond acceptors (Lipinski definition) is 6. The Balaban J connectivity index is 1.62. The molecule has 0 saturated heterocycles.